The molecule has 18 heavy (non-hydrogen) atoms. The number of nitro benzene ring substituents is 1. The third kappa shape index (κ3) is 2.10. The van der Waals surface area contributed by atoms with Gasteiger partial charge in [0.1, 0.15) is 5.52 Å². The van der Waals surface area contributed by atoms with Gasteiger partial charge in [0.25, 0.3) is 5.69 Å². The van der Waals surface area contributed by atoms with E-state index in [1.54, 1.807) is 24.4 Å². The Labute approximate surface area is 104 Å². The fraction of sp³-hybridized carbons (Fsp3) is 0.250. The molecule has 0 amide bonds. The van der Waals surface area contributed by atoms with Gasteiger partial charge in [0.2, 0.25) is 0 Å². The van der Waals surface area contributed by atoms with E-state index in [4.69, 9.17) is 5.73 Å². The van der Waals surface area contributed by atoms with E-state index in [1.807, 2.05) is 11.9 Å². The number of nitrogens with zero attached hydrogens (tertiary/aromatic N) is 3. The van der Waals surface area contributed by atoms with Crippen LogP contribution in [-0.2, 0) is 0 Å². The van der Waals surface area contributed by atoms with Gasteiger partial charge in [-0.15, -0.1) is 0 Å². The molecule has 2 aromatic rings. The molecule has 0 aliphatic heterocycles. The number of hydrogen-bond donors (Lipinski definition) is 1. The Morgan fingerprint density at radius 2 is 2.22 bits per heavy atom. The van der Waals surface area contributed by atoms with Gasteiger partial charge in [-0.05, 0) is 18.2 Å². The van der Waals surface area contributed by atoms with Crippen molar-refractivity contribution in [2.75, 3.05) is 25.0 Å². The van der Waals surface area contributed by atoms with E-state index in [2.05, 4.69) is 4.98 Å². The summed E-state index contributed by atoms with van der Waals surface area (Å²) in [6.45, 7) is 1.19. The van der Waals surface area contributed by atoms with Crippen molar-refractivity contribution in [2.24, 2.45) is 5.73 Å². The standard InChI is InChI=1S/C12H14N4O2/c1-15(8-6-13)11-5-4-10(16(17)18)9-3-2-7-14-12(9)11/h2-5,7H,6,8,13H2,1H3. The Bertz CT molecular complexity index is 585. The number of aromatic nitrogens is 1. The molecule has 0 fully saturated rings. The van der Waals surface area contributed by atoms with Gasteiger partial charge in [-0.25, -0.2) is 0 Å². The first-order valence-electron chi connectivity index (χ1n) is 5.58. The van der Waals surface area contributed by atoms with Crippen LogP contribution in [0.25, 0.3) is 10.9 Å². The molecule has 2 rings (SSSR count). The van der Waals surface area contributed by atoms with Gasteiger partial charge in [-0.3, -0.25) is 15.1 Å². The lowest BCUT2D eigenvalue weighted by atomic mass is 10.1. The first kappa shape index (κ1) is 12.3. The molecule has 1 aromatic heterocycles. The average molecular weight is 246 g/mol. The zero-order chi connectivity index (χ0) is 13.1. The molecule has 94 valence electrons. The molecule has 0 spiro atoms. The van der Waals surface area contributed by atoms with Crippen molar-refractivity contribution in [2.45, 2.75) is 0 Å². The largest absolute Gasteiger partial charge is 0.372 e. The minimum Gasteiger partial charge on any atom is -0.372 e. The highest BCUT2D eigenvalue weighted by Crippen LogP contribution is 2.31. The minimum absolute atomic E-state index is 0.0722. The van der Waals surface area contributed by atoms with Crippen LogP contribution in [0.1, 0.15) is 0 Å². The molecule has 0 atom stereocenters. The van der Waals surface area contributed by atoms with E-state index in [1.165, 1.54) is 6.07 Å². The summed E-state index contributed by atoms with van der Waals surface area (Å²) in [5, 5.41) is 11.5. The molecule has 2 N–H and O–H groups in total. The first-order valence-corrected chi connectivity index (χ1v) is 5.58. The van der Waals surface area contributed by atoms with Crippen molar-refractivity contribution in [3.63, 3.8) is 0 Å². The maximum atomic E-state index is 11.0. The van der Waals surface area contributed by atoms with Crippen molar-refractivity contribution in [3.05, 3.63) is 40.6 Å². The smallest absolute Gasteiger partial charge is 0.278 e. The lowest BCUT2D eigenvalue weighted by molar-refractivity contribution is -0.383. The molecular weight excluding hydrogens is 232 g/mol. The molecule has 0 saturated heterocycles. The lowest BCUT2D eigenvalue weighted by Crippen LogP contribution is -2.25. The van der Waals surface area contributed by atoms with Crippen LogP contribution in [0.2, 0.25) is 0 Å². The number of nitro groups is 1. The van der Waals surface area contributed by atoms with Gasteiger partial charge in [-0.2, -0.15) is 0 Å². The van der Waals surface area contributed by atoms with Crippen molar-refractivity contribution in [1.29, 1.82) is 0 Å². The number of rotatable bonds is 4. The third-order valence-electron chi connectivity index (χ3n) is 2.80. The number of hydrogen-bond acceptors (Lipinski definition) is 5. The summed E-state index contributed by atoms with van der Waals surface area (Å²) >= 11 is 0. The first-order chi connectivity index (χ1) is 8.65. The van der Waals surface area contributed by atoms with Crippen LogP contribution in [0, 0.1) is 10.1 Å². The molecule has 0 unspecified atom stereocenters. The molecule has 0 bridgehead atoms. The molecule has 1 heterocycles. The van der Waals surface area contributed by atoms with Crippen molar-refractivity contribution in [1.82, 2.24) is 4.98 Å². The second-order valence-corrected chi connectivity index (χ2v) is 3.97. The van der Waals surface area contributed by atoms with Crippen LogP contribution in [0.5, 0.6) is 0 Å². The van der Waals surface area contributed by atoms with Gasteiger partial charge in [0, 0.05) is 32.4 Å². The molecule has 6 nitrogen and oxygen atoms in total. The van der Waals surface area contributed by atoms with Crippen molar-refractivity contribution < 1.29 is 4.92 Å². The zero-order valence-electron chi connectivity index (χ0n) is 10.0. The molecule has 1 aromatic carbocycles. The Hall–Kier alpha value is -2.21. The molecule has 0 aliphatic carbocycles. The Morgan fingerprint density at radius 1 is 1.44 bits per heavy atom. The molecular formula is C12H14N4O2. The fourth-order valence-corrected chi connectivity index (χ4v) is 1.92. The second-order valence-electron chi connectivity index (χ2n) is 3.97. The number of likely N-dealkylation sites (N-methyl/N-ethyl adjacent to an activating group) is 1. The summed E-state index contributed by atoms with van der Waals surface area (Å²) in [6, 6.07) is 6.62. The van der Waals surface area contributed by atoms with Crippen molar-refractivity contribution in [3.8, 4) is 0 Å². The summed E-state index contributed by atoms with van der Waals surface area (Å²) in [5.41, 5.74) is 7.07. The molecule has 0 aliphatic rings. The normalized spacial score (nSPS) is 10.6. The van der Waals surface area contributed by atoms with Gasteiger partial charge in [0.15, 0.2) is 0 Å². The van der Waals surface area contributed by atoms with Gasteiger partial charge in [0.05, 0.1) is 16.0 Å². The number of non-ortho nitro benzene ring substituents is 1. The van der Waals surface area contributed by atoms with E-state index in [0.29, 0.717) is 24.0 Å². The quantitative estimate of drug-likeness (QED) is 0.653. The van der Waals surface area contributed by atoms with E-state index in [-0.39, 0.29) is 5.69 Å². The maximum absolute atomic E-state index is 11.0. The fourth-order valence-electron chi connectivity index (χ4n) is 1.92. The summed E-state index contributed by atoms with van der Waals surface area (Å²) in [7, 11) is 1.89. The second kappa shape index (κ2) is 4.97. The van der Waals surface area contributed by atoms with Crippen molar-refractivity contribution >= 4 is 22.3 Å². The van der Waals surface area contributed by atoms with Gasteiger partial charge < -0.3 is 10.6 Å². The highest BCUT2D eigenvalue weighted by atomic mass is 16.6. The van der Waals surface area contributed by atoms with E-state index in [0.717, 1.165) is 5.69 Å². The van der Waals surface area contributed by atoms with Crippen LogP contribution in [0.15, 0.2) is 30.5 Å². The Morgan fingerprint density at radius 3 is 2.89 bits per heavy atom. The number of pyridine rings is 1. The van der Waals surface area contributed by atoms with Crippen LogP contribution in [0.4, 0.5) is 11.4 Å². The average Bonchev–Trinajstić information content (AvgIpc) is 2.37. The van der Waals surface area contributed by atoms with E-state index >= 15 is 0 Å². The van der Waals surface area contributed by atoms with Crippen LogP contribution in [-0.4, -0.2) is 30.0 Å². The molecule has 6 heteroatoms. The number of fused-ring (bicyclic) bond motifs is 1. The van der Waals surface area contributed by atoms with Crippen LogP contribution >= 0.6 is 0 Å². The van der Waals surface area contributed by atoms with E-state index in [9.17, 15) is 10.1 Å². The third-order valence-corrected chi connectivity index (χ3v) is 2.80. The summed E-state index contributed by atoms with van der Waals surface area (Å²) < 4.78 is 0. The van der Waals surface area contributed by atoms with Crippen LogP contribution in [0.3, 0.4) is 0 Å². The van der Waals surface area contributed by atoms with Crippen LogP contribution < -0.4 is 10.6 Å². The number of nitrogens with two attached hydrogens (primary N) is 1. The van der Waals surface area contributed by atoms with Gasteiger partial charge in [-0.1, -0.05) is 0 Å². The highest BCUT2D eigenvalue weighted by molar-refractivity contribution is 5.96. The number of benzene rings is 1. The minimum atomic E-state index is -0.392. The SMILES string of the molecule is CN(CCN)c1ccc([N+](=O)[O-])c2cccnc12. The Balaban J connectivity index is 2.64. The summed E-state index contributed by atoms with van der Waals surface area (Å²) in [6.07, 6.45) is 1.63. The van der Waals surface area contributed by atoms with E-state index < -0.39 is 4.92 Å². The number of anilines is 1. The van der Waals surface area contributed by atoms with Gasteiger partial charge >= 0.3 is 0 Å². The lowest BCUT2D eigenvalue weighted by Gasteiger charge is -2.19. The predicted octanol–water partition coefficient (Wildman–Crippen LogP) is 1.54. The zero-order valence-corrected chi connectivity index (χ0v) is 10.0. The highest BCUT2D eigenvalue weighted by Gasteiger charge is 2.16. The summed E-state index contributed by atoms with van der Waals surface area (Å²) in [4.78, 5) is 16.8. The monoisotopic (exact) mass is 246 g/mol. The maximum Gasteiger partial charge on any atom is 0.278 e. The Kier molecular flexibility index (Phi) is 3.38. The summed E-state index contributed by atoms with van der Waals surface area (Å²) in [5.74, 6) is 0. The molecule has 0 saturated carbocycles. The molecule has 0 radical (unpaired) electrons. The predicted molar refractivity (Wildman–Crippen MR) is 70.7 cm³/mol. The topological polar surface area (TPSA) is 85.3 Å².